The highest BCUT2D eigenvalue weighted by Gasteiger charge is 2.23. The zero-order valence-electron chi connectivity index (χ0n) is 5.59. The van der Waals surface area contributed by atoms with Gasteiger partial charge in [0.05, 0.1) is 0 Å². The molecule has 46 valence electrons. The van der Waals surface area contributed by atoms with Crippen LogP contribution in [-0.2, 0) is 0 Å². The predicted octanol–water partition coefficient (Wildman–Crippen LogP) is 1.73. The van der Waals surface area contributed by atoms with E-state index in [-0.39, 0.29) is 0 Å². The molecule has 2 atom stereocenters. The molecular formula is C7H13N. The van der Waals surface area contributed by atoms with Crippen molar-refractivity contribution in [3.63, 3.8) is 0 Å². The molecule has 2 unspecified atom stereocenters. The molecule has 1 fully saturated rings. The fraction of sp³-hybridized carbons (Fsp3) is 0.857. The summed E-state index contributed by atoms with van der Waals surface area (Å²) >= 11 is 0. The number of aliphatic imine (C=N–C) groups is 1. The van der Waals surface area contributed by atoms with Crippen molar-refractivity contribution < 1.29 is 0 Å². The summed E-state index contributed by atoms with van der Waals surface area (Å²) in [6.45, 7) is 2.29. The van der Waals surface area contributed by atoms with E-state index in [0.29, 0.717) is 0 Å². The molecule has 0 aromatic rings. The first-order valence-electron chi connectivity index (χ1n) is 3.27. The van der Waals surface area contributed by atoms with Crippen molar-refractivity contribution in [1.29, 1.82) is 0 Å². The molecule has 1 nitrogen and oxygen atoms in total. The Balaban J connectivity index is 2.27. The Hall–Kier alpha value is -0.330. The molecule has 0 bridgehead atoms. The fourth-order valence-corrected chi connectivity index (χ4v) is 1.11. The molecule has 8 heavy (non-hydrogen) atoms. The molecule has 0 amide bonds. The molecule has 0 radical (unpaired) electrons. The Bertz CT molecular complexity index is 96.6. The third-order valence-corrected chi connectivity index (χ3v) is 2.03. The highest BCUT2D eigenvalue weighted by molar-refractivity contribution is 5.62. The van der Waals surface area contributed by atoms with Crippen molar-refractivity contribution in [3.8, 4) is 0 Å². The Morgan fingerprint density at radius 2 is 2.25 bits per heavy atom. The summed E-state index contributed by atoms with van der Waals surface area (Å²) in [6.07, 6.45) is 4.84. The van der Waals surface area contributed by atoms with Crippen LogP contribution >= 0.6 is 0 Å². The number of nitrogens with zero attached hydrogens (tertiary/aromatic N) is 1. The van der Waals surface area contributed by atoms with Gasteiger partial charge in [-0.05, 0) is 24.7 Å². The summed E-state index contributed by atoms with van der Waals surface area (Å²) < 4.78 is 0. The lowest BCUT2D eigenvalue weighted by molar-refractivity contribution is 0.277. The van der Waals surface area contributed by atoms with E-state index in [4.69, 9.17) is 0 Å². The molecule has 0 spiro atoms. The normalized spacial score (nSPS) is 37.8. The Labute approximate surface area is 50.8 Å². The van der Waals surface area contributed by atoms with Gasteiger partial charge in [0.15, 0.2) is 0 Å². The summed E-state index contributed by atoms with van der Waals surface area (Å²) in [5.41, 5.74) is 0. The first-order valence-corrected chi connectivity index (χ1v) is 3.27. The van der Waals surface area contributed by atoms with Crippen LogP contribution in [0.5, 0.6) is 0 Å². The number of hydrogen-bond donors (Lipinski definition) is 0. The van der Waals surface area contributed by atoms with Crippen LogP contribution in [0.2, 0.25) is 0 Å². The maximum atomic E-state index is 3.98. The molecule has 1 aliphatic rings. The lowest BCUT2D eigenvalue weighted by Crippen LogP contribution is -2.23. The van der Waals surface area contributed by atoms with Crippen molar-refractivity contribution in [2.45, 2.75) is 19.8 Å². The second-order valence-electron chi connectivity index (χ2n) is 2.63. The average Bonchev–Trinajstić information content (AvgIpc) is 1.79. The van der Waals surface area contributed by atoms with Gasteiger partial charge in [-0.15, -0.1) is 0 Å². The van der Waals surface area contributed by atoms with Gasteiger partial charge in [-0.1, -0.05) is 6.92 Å². The summed E-state index contributed by atoms with van der Waals surface area (Å²) in [5, 5.41) is 0. The first kappa shape index (κ1) is 5.80. The zero-order valence-corrected chi connectivity index (χ0v) is 5.59. The molecule has 0 heterocycles. The van der Waals surface area contributed by atoms with Gasteiger partial charge in [0.25, 0.3) is 0 Å². The third kappa shape index (κ3) is 0.908. The largest absolute Gasteiger partial charge is 0.301 e. The maximum absolute atomic E-state index is 3.98. The molecule has 0 saturated heterocycles. The van der Waals surface area contributed by atoms with E-state index < -0.39 is 0 Å². The lowest BCUT2D eigenvalue weighted by atomic mass is 9.76. The van der Waals surface area contributed by atoms with Gasteiger partial charge in [-0.2, -0.15) is 0 Å². The van der Waals surface area contributed by atoms with E-state index >= 15 is 0 Å². The van der Waals surface area contributed by atoms with Gasteiger partial charge in [0, 0.05) is 13.3 Å². The van der Waals surface area contributed by atoms with E-state index in [0.717, 1.165) is 11.8 Å². The molecule has 1 aliphatic carbocycles. The summed E-state index contributed by atoms with van der Waals surface area (Å²) in [7, 11) is 1.85. The van der Waals surface area contributed by atoms with Crippen LogP contribution in [0.25, 0.3) is 0 Å². The van der Waals surface area contributed by atoms with E-state index in [1.54, 1.807) is 0 Å². The third-order valence-electron chi connectivity index (χ3n) is 2.03. The van der Waals surface area contributed by atoms with Gasteiger partial charge >= 0.3 is 0 Å². The Morgan fingerprint density at radius 1 is 1.50 bits per heavy atom. The maximum Gasteiger partial charge on any atom is 0.0273 e. The molecule has 1 rings (SSSR count). The van der Waals surface area contributed by atoms with E-state index in [2.05, 4.69) is 18.1 Å². The van der Waals surface area contributed by atoms with Crippen LogP contribution in [0.4, 0.5) is 0 Å². The van der Waals surface area contributed by atoms with Crippen LogP contribution in [0, 0.1) is 11.8 Å². The Kier molecular flexibility index (Phi) is 1.66. The highest BCUT2D eigenvalue weighted by atomic mass is 14.6. The van der Waals surface area contributed by atoms with Crippen LogP contribution < -0.4 is 0 Å². The number of hydrogen-bond acceptors (Lipinski definition) is 1. The van der Waals surface area contributed by atoms with Gasteiger partial charge in [-0.3, -0.25) is 0 Å². The molecular weight excluding hydrogens is 98.1 g/mol. The second-order valence-corrected chi connectivity index (χ2v) is 2.63. The second kappa shape index (κ2) is 2.29. The van der Waals surface area contributed by atoms with Crippen molar-refractivity contribution in [1.82, 2.24) is 0 Å². The molecule has 0 aromatic heterocycles. The van der Waals surface area contributed by atoms with Gasteiger partial charge in [0.2, 0.25) is 0 Å². The molecule has 1 saturated carbocycles. The van der Waals surface area contributed by atoms with E-state index in [1.807, 2.05) is 7.05 Å². The van der Waals surface area contributed by atoms with Crippen molar-refractivity contribution in [3.05, 3.63) is 0 Å². The standard InChI is InChI=1S/C7H13N/c1-6-3-4-7(6)5-8-2/h5-7H,3-4H2,1-2H3. The van der Waals surface area contributed by atoms with Crippen LogP contribution in [0.3, 0.4) is 0 Å². The molecule has 0 aliphatic heterocycles. The predicted molar refractivity (Wildman–Crippen MR) is 36.3 cm³/mol. The number of rotatable bonds is 1. The summed E-state index contributed by atoms with van der Waals surface area (Å²) in [6, 6.07) is 0. The SMILES string of the molecule is CN=CC1CCC1C. The van der Waals surface area contributed by atoms with Crippen molar-refractivity contribution in [2.75, 3.05) is 7.05 Å². The van der Waals surface area contributed by atoms with Crippen LogP contribution in [-0.4, -0.2) is 13.3 Å². The smallest absolute Gasteiger partial charge is 0.0273 e. The highest BCUT2D eigenvalue weighted by Crippen LogP contribution is 2.31. The molecule has 1 heteroatoms. The molecule has 0 aromatic carbocycles. The molecule has 0 N–H and O–H groups in total. The zero-order chi connectivity index (χ0) is 5.98. The van der Waals surface area contributed by atoms with Gasteiger partial charge in [-0.25, -0.2) is 0 Å². The van der Waals surface area contributed by atoms with Crippen molar-refractivity contribution >= 4 is 6.21 Å². The van der Waals surface area contributed by atoms with E-state index in [9.17, 15) is 0 Å². The Morgan fingerprint density at radius 3 is 2.38 bits per heavy atom. The van der Waals surface area contributed by atoms with Crippen LogP contribution in [0.15, 0.2) is 4.99 Å². The minimum Gasteiger partial charge on any atom is -0.301 e. The quantitative estimate of drug-likeness (QED) is 0.457. The van der Waals surface area contributed by atoms with Crippen molar-refractivity contribution in [2.24, 2.45) is 16.8 Å². The monoisotopic (exact) mass is 111 g/mol. The fourth-order valence-electron chi connectivity index (χ4n) is 1.11. The van der Waals surface area contributed by atoms with E-state index in [1.165, 1.54) is 12.8 Å². The topological polar surface area (TPSA) is 12.4 Å². The van der Waals surface area contributed by atoms with Crippen LogP contribution in [0.1, 0.15) is 19.8 Å². The summed E-state index contributed by atoms with van der Waals surface area (Å²) in [4.78, 5) is 3.98. The lowest BCUT2D eigenvalue weighted by Gasteiger charge is -2.30. The van der Waals surface area contributed by atoms with Gasteiger partial charge in [0.1, 0.15) is 0 Å². The minimum absolute atomic E-state index is 0.806. The summed E-state index contributed by atoms with van der Waals surface area (Å²) in [5.74, 6) is 1.71. The first-order chi connectivity index (χ1) is 3.84. The van der Waals surface area contributed by atoms with Gasteiger partial charge < -0.3 is 4.99 Å². The average molecular weight is 111 g/mol. The minimum atomic E-state index is 0.806.